The Bertz CT molecular complexity index is 460. The van der Waals surface area contributed by atoms with Gasteiger partial charge in [-0.3, -0.25) is 0 Å². The first-order valence-corrected chi connectivity index (χ1v) is 5.47. The van der Waals surface area contributed by atoms with Crippen molar-refractivity contribution < 1.29 is 10.2 Å². The van der Waals surface area contributed by atoms with Crippen LogP contribution in [0.5, 0.6) is 5.75 Å². The van der Waals surface area contributed by atoms with Crippen molar-refractivity contribution in [2.75, 3.05) is 0 Å². The number of benzene rings is 1. The first-order chi connectivity index (χ1) is 6.76. The number of rotatable bonds is 2. The molecule has 0 bridgehead atoms. The molecule has 0 saturated heterocycles. The molecule has 74 valence electrons. The van der Waals surface area contributed by atoms with Crippen LogP contribution < -0.4 is 0 Å². The highest BCUT2D eigenvalue weighted by Gasteiger charge is 2.08. The number of aliphatic hydroxyl groups is 1. The van der Waals surface area contributed by atoms with Crippen molar-refractivity contribution in [3.63, 3.8) is 0 Å². The van der Waals surface area contributed by atoms with Gasteiger partial charge in [0.1, 0.15) is 5.75 Å². The monoisotopic (exact) mass is 208 g/mol. The summed E-state index contributed by atoms with van der Waals surface area (Å²) in [5.41, 5.74) is 2.02. The Morgan fingerprint density at radius 1 is 1.36 bits per heavy atom. The summed E-state index contributed by atoms with van der Waals surface area (Å²) in [4.78, 5) is 0. The second kappa shape index (κ2) is 3.59. The number of aryl methyl sites for hydroxylation is 1. The number of hydrogen-bond acceptors (Lipinski definition) is 3. The maximum absolute atomic E-state index is 9.63. The number of fused-ring (bicyclic) bond motifs is 1. The third-order valence-corrected chi connectivity index (χ3v) is 3.28. The number of aromatic hydroxyl groups is 1. The Balaban J connectivity index is 2.76. The number of aliphatic hydroxyl groups excluding tert-OH is 1. The van der Waals surface area contributed by atoms with Gasteiger partial charge in [-0.25, -0.2) is 0 Å². The van der Waals surface area contributed by atoms with Crippen molar-refractivity contribution in [2.24, 2.45) is 0 Å². The van der Waals surface area contributed by atoms with Crippen LogP contribution in [-0.4, -0.2) is 10.2 Å². The zero-order chi connectivity index (χ0) is 10.1. The lowest BCUT2D eigenvalue weighted by Gasteiger charge is -2.03. The van der Waals surface area contributed by atoms with Crippen LogP contribution in [0.15, 0.2) is 17.5 Å². The predicted molar refractivity (Wildman–Crippen MR) is 58.8 cm³/mol. The van der Waals surface area contributed by atoms with Gasteiger partial charge in [0, 0.05) is 15.5 Å². The third-order valence-electron chi connectivity index (χ3n) is 2.36. The first-order valence-electron chi connectivity index (χ1n) is 4.59. The summed E-state index contributed by atoms with van der Waals surface area (Å²) >= 11 is 1.51. The van der Waals surface area contributed by atoms with E-state index in [0.29, 0.717) is 5.75 Å². The average Bonchev–Trinajstić information content (AvgIpc) is 2.59. The fourth-order valence-corrected chi connectivity index (χ4v) is 2.60. The molecule has 0 saturated carbocycles. The molecule has 1 heterocycles. The summed E-state index contributed by atoms with van der Waals surface area (Å²) in [5, 5.41) is 21.4. The molecule has 2 rings (SSSR count). The number of thiophene rings is 1. The van der Waals surface area contributed by atoms with E-state index >= 15 is 0 Å². The van der Waals surface area contributed by atoms with Crippen LogP contribution in [0.1, 0.15) is 18.1 Å². The summed E-state index contributed by atoms with van der Waals surface area (Å²) < 4.78 is 1.05. The molecule has 0 atom stereocenters. The molecule has 0 aliphatic heterocycles. The molecule has 1 aromatic carbocycles. The first kappa shape index (κ1) is 9.49. The normalized spacial score (nSPS) is 11.0. The zero-order valence-electron chi connectivity index (χ0n) is 7.95. The minimum absolute atomic E-state index is 0.0571. The van der Waals surface area contributed by atoms with Crippen LogP contribution in [0.25, 0.3) is 10.1 Å². The fourth-order valence-electron chi connectivity index (χ4n) is 1.67. The zero-order valence-corrected chi connectivity index (χ0v) is 8.77. The SMILES string of the molecule is CCc1cc(CO)cc2scc(O)c12. The van der Waals surface area contributed by atoms with Gasteiger partial charge < -0.3 is 10.2 Å². The molecule has 0 amide bonds. The van der Waals surface area contributed by atoms with Gasteiger partial charge in [-0.15, -0.1) is 11.3 Å². The highest BCUT2D eigenvalue weighted by atomic mass is 32.1. The highest BCUT2D eigenvalue weighted by Crippen LogP contribution is 2.35. The summed E-state index contributed by atoms with van der Waals surface area (Å²) in [6.07, 6.45) is 0.870. The Kier molecular flexibility index (Phi) is 2.44. The molecule has 2 nitrogen and oxygen atoms in total. The Hall–Kier alpha value is -1.06. The van der Waals surface area contributed by atoms with E-state index in [2.05, 4.69) is 0 Å². The van der Waals surface area contributed by atoms with E-state index in [1.807, 2.05) is 19.1 Å². The van der Waals surface area contributed by atoms with Crippen molar-refractivity contribution in [2.45, 2.75) is 20.0 Å². The maximum atomic E-state index is 9.63. The van der Waals surface area contributed by atoms with E-state index < -0.39 is 0 Å². The molecule has 0 spiro atoms. The molecule has 1 aromatic heterocycles. The smallest absolute Gasteiger partial charge is 0.134 e. The summed E-state index contributed by atoms with van der Waals surface area (Å²) in [6, 6.07) is 3.88. The molecule has 2 N–H and O–H groups in total. The van der Waals surface area contributed by atoms with Crippen LogP contribution in [0.2, 0.25) is 0 Å². The molecule has 2 aromatic rings. The van der Waals surface area contributed by atoms with Crippen LogP contribution in [0, 0.1) is 0 Å². The molecule has 0 aliphatic rings. The maximum Gasteiger partial charge on any atom is 0.134 e. The van der Waals surface area contributed by atoms with E-state index in [1.54, 1.807) is 5.38 Å². The predicted octanol–water partition coefficient (Wildman–Crippen LogP) is 2.66. The lowest BCUT2D eigenvalue weighted by atomic mass is 10.0. The van der Waals surface area contributed by atoms with E-state index in [1.165, 1.54) is 11.3 Å². The van der Waals surface area contributed by atoms with Gasteiger partial charge in [-0.2, -0.15) is 0 Å². The van der Waals surface area contributed by atoms with Gasteiger partial charge >= 0.3 is 0 Å². The molecule has 0 radical (unpaired) electrons. The van der Waals surface area contributed by atoms with Crippen molar-refractivity contribution in [3.8, 4) is 5.75 Å². The van der Waals surface area contributed by atoms with Crippen molar-refractivity contribution in [3.05, 3.63) is 28.6 Å². The van der Waals surface area contributed by atoms with Crippen molar-refractivity contribution in [1.29, 1.82) is 0 Å². The average molecular weight is 208 g/mol. The molecule has 0 unspecified atom stereocenters. The summed E-state index contributed by atoms with van der Waals surface area (Å²) in [6.45, 7) is 2.11. The van der Waals surface area contributed by atoms with Crippen LogP contribution in [0.4, 0.5) is 0 Å². The fraction of sp³-hybridized carbons (Fsp3) is 0.273. The molecule has 3 heteroatoms. The third kappa shape index (κ3) is 1.38. The second-order valence-corrected chi connectivity index (χ2v) is 4.17. The molecular weight excluding hydrogens is 196 g/mol. The van der Waals surface area contributed by atoms with Crippen LogP contribution in [0.3, 0.4) is 0 Å². The van der Waals surface area contributed by atoms with Gasteiger partial charge in [0.2, 0.25) is 0 Å². The molecule has 0 aliphatic carbocycles. The molecule has 0 fully saturated rings. The second-order valence-electron chi connectivity index (χ2n) is 3.26. The van der Waals surface area contributed by atoms with E-state index in [0.717, 1.165) is 27.6 Å². The van der Waals surface area contributed by atoms with E-state index in [9.17, 15) is 5.11 Å². The van der Waals surface area contributed by atoms with E-state index in [-0.39, 0.29) is 6.61 Å². The number of hydrogen-bond donors (Lipinski definition) is 2. The standard InChI is InChI=1S/C11H12O2S/c1-2-8-3-7(5-12)4-10-11(8)9(13)6-14-10/h3-4,6,12-13H,2,5H2,1H3. The van der Waals surface area contributed by atoms with Gasteiger partial charge in [0.25, 0.3) is 0 Å². The Morgan fingerprint density at radius 2 is 2.14 bits per heavy atom. The van der Waals surface area contributed by atoms with Gasteiger partial charge in [-0.1, -0.05) is 13.0 Å². The van der Waals surface area contributed by atoms with Crippen LogP contribution >= 0.6 is 11.3 Å². The van der Waals surface area contributed by atoms with Gasteiger partial charge in [0.15, 0.2) is 0 Å². The van der Waals surface area contributed by atoms with Crippen molar-refractivity contribution in [1.82, 2.24) is 0 Å². The van der Waals surface area contributed by atoms with Crippen molar-refractivity contribution >= 4 is 21.4 Å². The lowest BCUT2D eigenvalue weighted by Crippen LogP contribution is -1.87. The topological polar surface area (TPSA) is 40.5 Å². The Labute approximate surface area is 86.4 Å². The largest absolute Gasteiger partial charge is 0.506 e. The quantitative estimate of drug-likeness (QED) is 0.796. The highest BCUT2D eigenvalue weighted by molar-refractivity contribution is 7.17. The van der Waals surface area contributed by atoms with Crippen LogP contribution in [-0.2, 0) is 13.0 Å². The molecular formula is C11H12O2S. The lowest BCUT2D eigenvalue weighted by molar-refractivity contribution is 0.282. The minimum atomic E-state index is 0.0571. The van der Waals surface area contributed by atoms with Gasteiger partial charge in [0.05, 0.1) is 6.61 Å². The van der Waals surface area contributed by atoms with Gasteiger partial charge in [-0.05, 0) is 23.6 Å². The van der Waals surface area contributed by atoms with E-state index in [4.69, 9.17) is 5.11 Å². The summed E-state index contributed by atoms with van der Waals surface area (Å²) in [7, 11) is 0. The minimum Gasteiger partial charge on any atom is -0.506 e. The molecule has 14 heavy (non-hydrogen) atoms. The Morgan fingerprint density at radius 3 is 2.79 bits per heavy atom. The summed E-state index contributed by atoms with van der Waals surface area (Å²) in [5.74, 6) is 0.353.